The number of aromatic nitrogens is 2. The minimum Gasteiger partial charge on any atom is -0.348 e. The van der Waals surface area contributed by atoms with Crippen molar-refractivity contribution in [2.24, 2.45) is 5.41 Å². The minimum atomic E-state index is 0.556. The zero-order valence-electron chi connectivity index (χ0n) is 10.6. The molecule has 1 aliphatic rings. The number of H-pyrrole nitrogens is 1. The van der Waals surface area contributed by atoms with Gasteiger partial charge in [0.05, 0.1) is 12.0 Å². The normalized spacial score (nSPS) is 21.2. The van der Waals surface area contributed by atoms with Crippen LogP contribution in [0.2, 0.25) is 0 Å². The van der Waals surface area contributed by atoms with Gasteiger partial charge in [0.2, 0.25) is 0 Å². The van der Waals surface area contributed by atoms with E-state index in [0.29, 0.717) is 11.5 Å². The summed E-state index contributed by atoms with van der Waals surface area (Å²) in [7, 11) is 0. The molecule has 1 aromatic heterocycles. The molecule has 2 rings (SSSR count). The molecule has 0 saturated heterocycles. The summed E-state index contributed by atoms with van der Waals surface area (Å²) in [6.45, 7) is 7.73. The molecule has 0 radical (unpaired) electrons. The molecule has 90 valence electrons. The molecule has 0 aromatic carbocycles. The highest BCUT2D eigenvalue weighted by Gasteiger charge is 2.26. The molecule has 1 aliphatic carbocycles. The summed E-state index contributed by atoms with van der Waals surface area (Å²) in [6.07, 6.45) is 7.05. The smallest absolute Gasteiger partial charge is 0.0925 e. The predicted octanol–water partition coefficient (Wildman–Crippen LogP) is 2.78. The molecular weight excluding hydrogens is 198 g/mol. The number of hydrogen-bond donors (Lipinski definition) is 2. The Morgan fingerprint density at radius 3 is 2.69 bits per heavy atom. The first-order valence-corrected chi connectivity index (χ1v) is 6.29. The Morgan fingerprint density at radius 1 is 1.44 bits per heavy atom. The largest absolute Gasteiger partial charge is 0.348 e. The second kappa shape index (κ2) is 4.58. The monoisotopic (exact) mass is 221 g/mol. The molecule has 0 spiro atoms. The van der Waals surface area contributed by atoms with Gasteiger partial charge in [-0.25, -0.2) is 4.98 Å². The lowest BCUT2D eigenvalue weighted by Gasteiger charge is -2.34. The van der Waals surface area contributed by atoms with Crippen molar-refractivity contribution < 1.29 is 0 Å². The average molecular weight is 221 g/mol. The highest BCUT2D eigenvalue weighted by Crippen LogP contribution is 2.35. The molecule has 1 aromatic rings. The van der Waals surface area contributed by atoms with Crippen molar-refractivity contribution in [2.75, 3.05) is 0 Å². The molecule has 16 heavy (non-hydrogen) atoms. The van der Waals surface area contributed by atoms with Gasteiger partial charge in [-0.05, 0) is 38.0 Å². The van der Waals surface area contributed by atoms with Crippen molar-refractivity contribution in [3.63, 3.8) is 0 Å². The summed E-state index contributed by atoms with van der Waals surface area (Å²) in [5.74, 6) is 0. The maximum atomic E-state index is 4.31. The van der Waals surface area contributed by atoms with Gasteiger partial charge in [0.25, 0.3) is 0 Å². The standard InChI is InChI=1S/C13H23N3/c1-10-12(16-9-15-10)8-14-11-4-6-13(2,3)7-5-11/h9,11,14H,4-8H2,1-3H3,(H,15,16). The van der Waals surface area contributed by atoms with Crippen LogP contribution >= 0.6 is 0 Å². The Morgan fingerprint density at radius 2 is 2.12 bits per heavy atom. The van der Waals surface area contributed by atoms with Crippen molar-refractivity contribution in [2.45, 2.75) is 59.0 Å². The van der Waals surface area contributed by atoms with Crippen molar-refractivity contribution >= 4 is 0 Å². The van der Waals surface area contributed by atoms with Crippen LogP contribution in [0.1, 0.15) is 50.9 Å². The number of nitrogens with one attached hydrogen (secondary N) is 2. The van der Waals surface area contributed by atoms with E-state index < -0.39 is 0 Å². The number of imidazole rings is 1. The lowest BCUT2D eigenvalue weighted by atomic mass is 9.75. The van der Waals surface area contributed by atoms with E-state index in [1.807, 2.05) is 0 Å². The SMILES string of the molecule is Cc1[nH]cnc1CNC1CCC(C)(C)CC1. The fourth-order valence-corrected chi connectivity index (χ4v) is 2.41. The predicted molar refractivity (Wildman–Crippen MR) is 66.2 cm³/mol. The zero-order chi connectivity index (χ0) is 11.6. The van der Waals surface area contributed by atoms with Crippen LogP contribution in [0.25, 0.3) is 0 Å². The number of hydrogen-bond acceptors (Lipinski definition) is 2. The first-order valence-electron chi connectivity index (χ1n) is 6.29. The Bertz CT molecular complexity index is 331. The van der Waals surface area contributed by atoms with Crippen LogP contribution in [-0.2, 0) is 6.54 Å². The summed E-state index contributed by atoms with van der Waals surface area (Å²) in [6, 6.07) is 0.684. The van der Waals surface area contributed by atoms with E-state index in [0.717, 1.165) is 12.2 Å². The van der Waals surface area contributed by atoms with Crippen LogP contribution in [0, 0.1) is 12.3 Å². The first-order chi connectivity index (χ1) is 7.57. The molecule has 2 N–H and O–H groups in total. The highest BCUT2D eigenvalue weighted by atomic mass is 15.0. The lowest BCUT2D eigenvalue weighted by molar-refractivity contribution is 0.205. The second-order valence-electron chi connectivity index (χ2n) is 5.79. The van der Waals surface area contributed by atoms with E-state index in [-0.39, 0.29) is 0 Å². The molecule has 1 heterocycles. The summed E-state index contributed by atoms with van der Waals surface area (Å²) in [5.41, 5.74) is 2.90. The number of aryl methyl sites for hydroxylation is 1. The molecule has 0 bridgehead atoms. The number of rotatable bonds is 3. The van der Waals surface area contributed by atoms with Gasteiger partial charge in [-0.1, -0.05) is 13.8 Å². The molecule has 3 heteroatoms. The van der Waals surface area contributed by atoms with Crippen LogP contribution in [0.15, 0.2) is 6.33 Å². The van der Waals surface area contributed by atoms with Gasteiger partial charge in [0.15, 0.2) is 0 Å². The summed E-state index contributed by atoms with van der Waals surface area (Å²) < 4.78 is 0. The topological polar surface area (TPSA) is 40.7 Å². The minimum absolute atomic E-state index is 0.556. The zero-order valence-corrected chi connectivity index (χ0v) is 10.6. The second-order valence-corrected chi connectivity index (χ2v) is 5.79. The van der Waals surface area contributed by atoms with Crippen molar-refractivity contribution in [3.8, 4) is 0 Å². The Hall–Kier alpha value is -0.830. The van der Waals surface area contributed by atoms with Crippen LogP contribution in [0.3, 0.4) is 0 Å². The fourth-order valence-electron chi connectivity index (χ4n) is 2.41. The van der Waals surface area contributed by atoms with E-state index >= 15 is 0 Å². The first kappa shape index (κ1) is 11.6. The highest BCUT2D eigenvalue weighted by molar-refractivity contribution is 5.08. The molecule has 0 aliphatic heterocycles. The Balaban J connectivity index is 1.78. The molecule has 0 unspecified atom stereocenters. The summed E-state index contributed by atoms with van der Waals surface area (Å²) in [4.78, 5) is 7.43. The van der Waals surface area contributed by atoms with E-state index in [4.69, 9.17) is 0 Å². The van der Waals surface area contributed by atoms with Gasteiger partial charge in [0.1, 0.15) is 0 Å². The number of nitrogens with zero attached hydrogens (tertiary/aromatic N) is 1. The van der Waals surface area contributed by atoms with E-state index in [1.165, 1.54) is 31.4 Å². The fraction of sp³-hybridized carbons (Fsp3) is 0.769. The molecule has 1 fully saturated rings. The van der Waals surface area contributed by atoms with E-state index in [9.17, 15) is 0 Å². The van der Waals surface area contributed by atoms with E-state index in [1.54, 1.807) is 6.33 Å². The quantitative estimate of drug-likeness (QED) is 0.824. The molecule has 1 saturated carbocycles. The van der Waals surface area contributed by atoms with Crippen LogP contribution < -0.4 is 5.32 Å². The van der Waals surface area contributed by atoms with Crippen molar-refractivity contribution in [3.05, 3.63) is 17.7 Å². The molecule has 3 nitrogen and oxygen atoms in total. The van der Waals surface area contributed by atoms with Crippen molar-refractivity contribution in [1.29, 1.82) is 0 Å². The average Bonchev–Trinajstić information content (AvgIpc) is 2.63. The van der Waals surface area contributed by atoms with Gasteiger partial charge in [-0.2, -0.15) is 0 Å². The third kappa shape index (κ3) is 2.85. The third-order valence-corrected chi connectivity index (χ3v) is 3.83. The van der Waals surface area contributed by atoms with Gasteiger partial charge in [-0.3, -0.25) is 0 Å². The summed E-state index contributed by atoms with van der Waals surface area (Å²) >= 11 is 0. The molecular formula is C13H23N3. The lowest BCUT2D eigenvalue weighted by Crippen LogP contribution is -2.35. The van der Waals surface area contributed by atoms with Gasteiger partial charge < -0.3 is 10.3 Å². The van der Waals surface area contributed by atoms with Crippen LogP contribution in [0.4, 0.5) is 0 Å². The van der Waals surface area contributed by atoms with Crippen LogP contribution in [0.5, 0.6) is 0 Å². The third-order valence-electron chi connectivity index (χ3n) is 3.83. The number of aromatic amines is 1. The maximum absolute atomic E-state index is 4.31. The van der Waals surface area contributed by atoms with E-state index in [2.05, 4.69) is 36.1 Å². The van der Waals surface area contributed by atoms with Gasteiger partial charge in [0, 0.05) is 18.3 Å². The van der Waals surface area contributed by atoms with Gasteiger partial charge >= 0.3 is 0 Å². The van der Waals surface area contributed by atoms with Crippen LogP contribution in [-0.4, -0.2) is 16.0 Å². The maximum Gasteiger partial charge on any atom is 0.0925 e. The van der Waals surface area contributed by atoms with Crippen molar-refractivity contribution in [1.82, 2.24) is 15.3 Å². The summed E-state index contributed by atoms with van der Waals surface area (Å²) in [5, 5.41) is 3.62. The Labute approximate surface area is 98.1 Å². The molecule has 0 amide bonds. The van der Waals surface area contributed by atoms with Gasteiger partial charge in [-0.15, -0.1) is 0 Å². The molecule has 0 atom stereocenters. The Kier molecular flexibility index (Phi) is 3.33.